The van der Waals surface area contributed by atoms with E-state index < -0.39 is 0 Å². The smallest absolute Gasteiger partial charge is 0.307 e. The van der Waals surface area contributed by atoms with Crippen LogP contribution in [0.25, 0.3) is 0 Å². The molecule has 0 fully saturated rings. The third-order valence-corrected chi connectivity index (χ3v) is 2.29. The Balaban J connectivity index is 3.56. The Bertz CT molecular complexity index is 157. The fraction of sp³-hybridized carbons (Fsp3) is 0.909. The topological polar surface area (TPSA) is 38.3 Å². The van der Waals surface area contributed by atoms with Gasteiger partial charge in [-0.3, -0.25) is 4.79 Å². The lowest BCUT2D eigenvalue weighted by atomic mass is 10.0. The van der Waals surface area contributed by atoms with Gasteiger partial charge in [0.05, 0.1) is 13.0 Å². The molecule has 84 valence electrons. The highest BCUT2D eigenvalue weighted by atomic mass is 16.5. The zero-order chi connectivity index (χ0) is 11.0. The lowest BCUT2D eigenvalue weighted by molar-refractivity contribution is -0.143. The molecule has 0 aliphatic carbocycles. The zero-order valence-electron chi connectivity index (χ0n) is 9.80. The van der Waals surface area contributed by atoms with Crippen molar-refractivity contribution < 1.29 is 9.53 Å². The standard InChI is InChI=1S/C11H23NO2/c1-5-10(9(3)4)12-8-7-11(13)14-6-2/h9-10,12H,5-8H2,1-4H3. The van der Waals surface area contributed by atoms with Crippen LogP contribution in [0.2, 0.25) is 0 Å². The van der Waals surface area contributed by atoms with Crippen LogP contribution in [0.15, 0.2) is 0 Å². The van der Waals surface area contributed by atoms with E-state index >= 15 is 0 Å². The molecule has 0 bridgehead atoms. The molecule has 0 aromatic carbocycles. The summed E-state index contributed by atoms with van der Waals surface area (Å²) in [4.78, 5) is 11.0. The first-order valence-corrected chi connectivity index (χ1v) is 5.50. The Labute approximate surface area is 87.2 Å². The van der Waals surface area contributed by atoms with Gasteiger partial charge in [-0.15, -0.1) is 0 Å². The molecular formula is C11H23NO2. The molecule has 0 aromatic rings. The minimum Gasteiger partial charge on any atom is -0.466 e. The van der Waals surface area contributed by atoms with E-state index in [9.17, 15) is 4.79 Å². The second-order valence-corrected chi connectivity index (χ2v) is 3.77. The Kier molecular flexibility index (Phi) is 7.48. The Morgan fingerprint density at radius 2 is 2.00 bits per heavy atom. The number of hydrogen-bond acceptors (Lipinski definition) is 3. The van der Waals surface area contributed by atoms with Gasteiger partial charge in [-0.1, -0.05) is 20.8 Å². The van der Waals surface area contributed by atoms with E-state index in [-0.39, 0.29) is 5.97 Å². The van der Waals surface area contributed by atoms with Crippen molar-refractivity contribution in [3.8, 4) is 0 Å². The molecule has 0 amide bonds. The first kappa shape index (κ1) is 13.4. The number of hydrogen-bond donors (Lipinski definition) is 1. The van der Waals surface area contributed by atoms with Gasteiger partial charge < -0.3 is 10.1 Å². The van der Waals surface area contributed by atoms with Crippen LogP contribution in [-0.2, 0) is 9.53 Å². The highest BCUT2D eigenvalue weighted by Crippen LogP contribution is 2.04. The largest absolute Gasteiger partial charge is 0.466 e. The van der Waals surface area contributed by atoms with Crippen molar-refractivity contribution >= 4 is 5.97 Å². The second-order valence-electron chi connectivity index (χ2n) is 3.77. The van der Waals surface area contributed by atoms with Crippen molar-refractivity contribution in [3.05, 3.63) is 0 Å². The summed E-state index contributed by atoms with van der Waals surface area (Å²) in [5.41, 5.74) is 0. The van der Waals surface area contributed by atoms with Crippen molar-refractivity contribution in [2.45, 2.75) is 46.6 Å². The molecule has 0 aliphatic heterocycles. The van der Waals surface area contributed by atoms with E-state index in [2.05, 4.69) is 26.1 Å². The SMILES string of the molecule is CCOC(=O)CCNC(CC)C(C)C. The summed E-state index contributed by atoms with van der Waals surface area (Å²) in [7, 11) is 0. The number of ether oxygens (including phenoxy) is 1. The van der Waals surface area contributed by atoms with E-state index in [1.165, 1.54) is 0 Å². The number of nitrogens with one attached hydrogen (secondary N) is 1. The van der Waals surface area contributed by atoms with Crippen LogP contribution in [0.4, 0.5) is 0 Å². The monoisotopic (exact) mass is 201 g/mol. The highest BCUT2D eigenvalue weighted by Gasteiger charge is 2.10. The van der Waals surface area contributed by atoms with Gasteiger partial charge in [0.15, 0.2) is 0 Å². The maximum absolute atomic E-state index is 11.0. The molecule has 3 nitrogen and oxygen atoms in total. The molecule has 0 rings (SSSR count). The molecular weight excluding hydrogens is 178 g/mol. The molecule has 1 unspecified atom stereocenters. The molecule has 0 saturated carbocycles. The van der Waals surface area contributed by atoms with Gasteiger partial charge in [-0.25, -0.2) is 0 Å². The van der Waals surface area contributed by atoms with Gasteiger partial charge in [0.1, 0.15) is 0 Å². The zero-order valence-corrected chi connectivity index (χ0v) is 9.80. The Morgan fingerprint density at radius 3 is 2.43 bits per heavy atom. The van der Waals surface area contributed by atoms with Crippen molar-refractivity contribution in [1.29, 1.82) is 0 Å². The normalized spacial score (nSPS) is 12.9. The fourth-order valence-electron chi connectivity index (χ4n) is 1.44. The van der Waals surface area contributed by atoms with Crippen LogP contribution in [0.5, 0.6) is 0 Å². The molecule has 1 N–H and O–H groups in total. The number of carbonyl (C=O) groups is 1. The summed E-state index contributed by atoms with van der Waals surface area (Å²) in [6.45, 7) is 9.54. The Morgan fingerprint density at radius 1 is 1.36 bits per heavy atom. The van der Waals surface area contributed by atoms with Crippen LogP contribution in [0.1, 0.15) is 40.5 Å². The van der Waals surface area contributed by atoms with Crippen LogP contribution >= 0.6 is 0 Å². The predicted octanol–water partition coefficient (Wildman–Crippen LogP) is 1.96. The number of rotatable bonds is 7. The molecule has 0 aliphatic rings. The van der Waals surface area contributed by atoms with E-state index in [0.717, 1.165) is 13.0 Å². The third kappa shape index (κ3) is 5.97. The van der Waals surface area contributed by atoms with Crippen LogP contribution in [-0.4, -0.2) is 25.2 Å². The van der Waals surface area contributed by atoms with E-state index in [1.807, 2.05) is 6.92 Å². The van der Waals surface area contributed by atoms with Gasteiger partial charge in [-0.05, 0) is 19.3 Å². The molecule has 0 spiro atoms. The first-order valence-electron chi connectivity index (χ1n) is 5.50. The van der Waals surface area contributed by atoms with Crippen molar-refractivity contribution in [3.63, 3.8) is 0 Å². The van der Waals surface area contributed by atoms with Crippen LogP contribution in [0, 0.1) is 5.92 Å². The predicted molar refractivity (Wildman–Crippen MR) is 58.2 cm³/mol. The summed E-state index contributed by atoms with van der Waals surface area (Å²) in [6.07, 6.45) is 1.57. The highest BCUT2D eigenvalue weighted by molar-refractivity contribution is 5.69. The molecule has 0 saturated heterocycles. The van der Waals surface area contributed by atoms with Crippen LogP contribution in [0.3, 0.4) is 0 Å². The summed E-state index contributed by atoms with van der Waals surface area (Å²) >= 11 is 0. The molecule has 1 atom stereocenters. The van der Waals surface area contributed by atoms with Crippen LogP contribution < -0.4 is 5.32 Å². The molecule has 3 heteroatoms. The fourth-order valence-corrected chi connectivity index (χ4v) is 1.44. The first-order chi connectivity index (χ1) is 6.61. The van der Waals surface area contributed by atoms with Gasteiger partial charge >= 0.3 is 5.97 Å². The van der Waals surface area contributed by atoms with Gasteiger partial charge in [0.2, 0.25) is 0 Å². The second kappa shape index (κ2) is 7.80. The third-order valence-electron chi connectivity index (χ3n) is 2.29. The minimum atomic E-state index is -0.112. The molecule has 0 aromatic heterocycles. The summed E-state index contributed by atoms with van der Waals surface area (Å²) < 4.78 is 4.84. The van der Waals surface area contributed by atoms with Gasteiger partial charge in [0.25, 0.3) is 0 Å². The average molecular weight is 201 g/mol. The van der Waals surface area contributed by atoms with E-state index in [4.69, 9.17) is 4.74 Å². The van der Waals surface area contributed by atoms with Gasteiger partial charge in [0, 0.05) is 12.6 Å². The number of carbonyl (C=O) groups excluding carboxylic acids is 1. The maximum atomic E-state index is 11.0. The minimum absolute atomic E-state index is 0.112. The van der Waals surface area contributed by atoms with Crippen molar-refractivity contribution in [2.24, 2.45) is 5.92 Å². The van der Waals surface area contributed by atoms with E-state index in [1.54, 1.807) is 0 Å². The average Bonchev–Trinajstić information content (AvgIpc) is 2.12. The quantitative estimate of drug-likeness (QED) is 0.640. The van der Waals surface area contributed by atoms with Crippen molar-refractivity contribution in [2.75, 3.05) is 13.2 Å². The summed E-state index contributed by atoms with van der Waals surface area (Å²) in [5.74, 6) is 0.501. The lowest BCUT2D eigenvalue weighted by Crippen LogP contribution is -2.34. The van der Waals surface area contributed by atoms with Gasteiger partial charge in [-0.2, -0.15) is 0 Å². The molecule has 14 heavy (non-hydrogen) atoms. The maximum Gasteiger partial charge on any atom is 0.307 e. The van der Waals surface area contributed by atoms with E-state index in [0.29, 0.717) is 25.0 Å². The molecule has 0 heterocycles. The molecule has 0 radical (unpaired) electrons. The number of esters is 1. The van der Waals surface area contributed by atoms with Crippen molar-refractivity contribution in [1.82, 2.24) is 5.32 Å². The Hall–Kier alpha value is -0.570. The summed E-state index contributed by atoms with van der Waals surface area (Å²) in [5, 5.41) is 3.36. The summed E-state index contributed by atoms with van der Waals surface area (Å²) in [6, 6.07) is 0.504. The lowest BCUT2D eigenvalue weighted by Gasteiger charge is -2.20.